The molecule has 0 atom stereocenters. The van der Waals surface area contributed by atoms with Crippen molar-refractivity contribution in [1.29, 1.82) is 0 Å². The van der Waals surface area contributed by atoms with Crippen molar-refractivity contribution in [2.24, 2.45) is 0 Å². The molecule has 0 aromatic rings. The molecule has 0 saturated carbocycles. The Balaban J connectivity index is -0.0000000450. The molecule has 0 bridgehead atoms. The van der Waals surface area contributed by atoms with Crippen LogP contribution in [0.3, 0.4) is 0 Å². The first-order valence-corrected chi connectivity index (χ1v) is 0.928. The number of aliphatic carboxylic acids is 1. The van der Waals surface area contributed by atoms with Crippen molar-refractivity contribution in [3.05, 3.63) is 0 Å². The van der Waals surface area contributed by atoms with Gasteiger partial charge in [-0.2, -0.15) is 0 Å². The second kappa shape index (κ2) is 9.44. The van der Waals surface area contributed by atoms with E-state index in [1.807, 2.05) is 0 Å². The van der Waals surface area contributed by atoms with E-state index in [1.165, 1.54) is 0 Å². The van der Waals surface area contributed by atoms with Crippen LogP contribution in [-0.2, 0) is 30.6 Å². The third kappa shape index (κ3) is 70.3. The van der Waals surface area contributed by atoms with Crippen molar-refractivity contribution < 1.29 is 35.7 Å². The normalized spacial score (nSPS) is 4.17. The van der Waals surface area contributed by atoms with Crippen molar-refractivity contribution in [2.45, 2.75) is 6.92 Å². The third-order valence-electron chi connectivity index (χ3n) is 0. The van der Waals surface area contributed by atoms with Crippen molar-refractivity contribution >= 4 is 29.0 Å². The fourth-order valence-corrected chi connectivity index (χ4v) is 0. The third-order valence-corrected chi connectivity index (χ3v) is 0. The number of carboxylic acids is 1. The molecule has 32 valence electrons. The Morgan fingerprint density at radius 1 is 1.67 bits per heavy atom. The van der Waals surface area contributed by atoms with Gasteiger partial charge in [-0.3, -0.25) is 4.79 Å². The monoisotopic (exact) mass is 266 g/mol. The molecule has 0 aliphatic carbocycles. The van der Waals surface area contributed by atoms with Gasteiger partial charge in [0.1, 0.15) is 0 Å². The maximum Gasteiger partial charge on any atom is 0.316 e. The second-order valence-electron chi connectivity index (χ2n) is 0.519. The van der Waals surface area contributed by atoms with E-state index < -0.39 is 5.97 Å². The number of carboxylic acid groups (broad SMARTS) is 1. The molecule has 0 aromatic carbocycles. The fourth-order valence-electron chi connectivity index (χ4n) is 0. The van der Waals surface area contributed by atoms with Crippen LogP contribution in [0.1, 0.15) is 6.92 Å². The molecule has 0 amide bonds. The zero-order valence-electron chi connectivity index (χ0n) is 2.86. The molecular formula is C2H6HfMgO2. The maximum absolute atomic E-state index is 9.00. The first-order chi connectivity index (χ1) is 1.73. The SMILES string of the molecule is CC(=O)O.[Hf].[MgH2]. The number of carbonyl (C=O) groups is 1. The first-order valence-electron chi connectivity index (χ1n) is 0.928. The molecule has 0 heterocycles. The van der Waals surface area contributed by atoms with Crippen molar-refractivity contribution in [1.82, 2.24) is 0 Å². The standard InChI is InChI=1S/C2H4O2.Hf.Mg.2H/c1-2(3)4;;;;/h1H3,(H,3,4);;;;. The van der Waals surface area contributed by atoms with E-state index >= 15 is 0 Å². The molecule has 0 saturated heterocycles. The molecule has 0 spiro atoms. The largest absolute Gasteiger partial charge is 0.481 e. The molecule has 0 unspecified atom stereocenters. The van der Waals surface area contributed by atoms with Gasteiger partial charge in [0.05, 0.1) is 0 Å². The van der Waals surface area contributed by atoms with Gasteiger partial charge in [-0.15, -0.1) is 0 Å². The molecule has 1 N–H and O–H groups in total. The van der Waals surface area contributed by atoms with Gasteiger partial charge in [0.15, 0.2) is 0 Å². The zero-order valence-corrected chi connectivity index (χ0v) is 6.45. The summed E-state index contributed by atoms with van der Waals surface area (Å²) in [6.45, 7) is 1.08. The summed E-state index contributed by atoms with van der Waals surface area (Å²) in [4.78, 5) is 9.00. The van der Waals surface area contributed by atoms with Crippen LogP contribution < -0.4 is 0 Å². The first kappa shape index (κ1) is 15.7. The van der Waals surface area contributed by atoms with Gasteiger partial charge < -0.3 is 5.11 Å². The van der Waals surface area contributed by atoms with Crippen molar-refractivity contribution in [2.75, 3.05) is 0 Å². The molecular weight excluding hydrogens is 259 g/mol. The Hall–Kier alpha value is 1.11. The summed E-state index contributed by atoms with van der Waals surface area (Å²) in [6.07, 6.45) is 0. The van der Waals surface area contributed by atoms with Gasteiger partial charge in [-0.25, -0.2) is 0 Å². The summed E-state index contributed by atoms with van der Waals surface area (Å²) >= 11 is 0. The summed E-state index contributed by atoms with van der Waals surface area (Å²) in [5.41, 5.74) is 0. The van der Waals surface area contributed by atoms with Gasteiger partial charge in [-0.1, -0.05) is 0 Å². The van der Waals surface area contributed by atoms with Gasteiger partial charge in [0, 0.05) is 32.8 Å². The van der Waals surface area contributed by atoms with E-state index in [-0.39, 0.29) is 48.9 Å². The Labute approximate surface area is 71.2 Å². The van der Waals surface area contributed by atoms with Crippen LogP contribution in [0.4, 0.5) is 0 Å². The predicted molar refractivity (Wildman–Crippen MR) is 21.9 cm³/mol. The van der Waals surface area contributed by atoms with Crippen LogP contribution in [0.2, 0.25) is 0 Å². The molecule has 0 fully saturated rings. The molecule has 0 aliphatic heterocycles. The molecule has 6 heavy (non-hydrogen) atoms. The number of hydrogen-bond donors (Lipinski definition) is 1. The number of rotatable bonds is 0. The minimum Gasteiger partial charge on any atom is -0.481 e. The van der Waals surface area contributed by atoms with Gasteiger partial charge in [0.2, 0.25) is 0 Å². The summed E-state index contributed by atoms with van der Waals surface area (Å²) in [5.74, 6) is -0.833. The fraction of sp³-hybridized carbons (Fsp3) is 0.500. The summed E-state index contributed by atoms with van der Waals surface area (Å²) < 4.78 is 0. The molecule has 0 aliphatic rings. The molecule has 2 nitrogen and oxygen atoms in total. The average Bonchev–Trinajstić information content (AvgIpc) is 0.811. The second-order valence-corrected chi connectivity index (χ2v) is 0.519. The topological polar surface area (TPSA) is 37.3 Å². The van der Waals surface area contributed by atoms with Crippen LogP contribution >= 0.6 is 0 Å². The Bertz CT molecular complexity index is 34.5. The summed E-state index contributed by atoms with van der Waals surface area (Å²) in [6, 6.07) is 0. The summed E-state index contributed by atoms with van der Waals surface area (Å²) in [7, 11) is 0. The van der Waals surface area contributed by atoms with Crippen LogP contribution in [-0.4, -0.2) is 34.1 Å². The van der Waals surface area contributed by atoms with Crippen molar-refractivity contribution in [3.8, 4) is 0 Å². The predicted octanol–water partition coefficient (Wildman–Crippen LogP) is -0.828. The summed E-state index contributed by atoms with van der Waals surface area (Å²) in [5, 5.41) is 7.42. The molecule has 0 rings (SSSR count). The Morgan fingerprint density at radius 2 is 1.67 bits per heavy atom. The quantitative estimate of drug-likeness (QED) is 0.580. The Morgan fingerprint density at radius 3 is 1.67 bits per heavy atom. The molecule has 4 heteroatoms. The van der Waals surface area contributed by atoms with Crippen molar-refractivity contribution in [3.63, 3.8) is 0 Å². The van der Waals surface area contributed by atoms with Crippen LogP contribution in [0.5, 0.6) is 0 Å². The van der Waals surface area contributed by atoms with E-state index in [9.17, 15) is 0 Å². The van der Waals surface area contributed by atoms with E-state index in [0.29, 0.717) is 0 Å². The zero-order chi connectivity index (χ0) is 3.58. The maximum atomic E-state index is 9.00. The number of hydrogen-bond acceptors (Lipinski definition) is 1. The smallest absolute Gasteiger partial charge is 0.316 e. The van der Waals surface area contributed by atoms with Gasteiger partial charge in [0.25, 0.3) is 5.97 Å². The minimum absolute atomic E-state index is 0. The minimum atomic E-state index is -0.833. The van der Waals surface area contributed by atoms with E-state index in [0.717, 1.165) is 6.92 Å². The van der Waals surface area contributed by atoms with Crippen LogP contribution in [0, 0.1) is 0 Å². The van der Waals surface area contributed by atoms with E-state index in [1.54, 1.807) is 0 Å². The molecule has 0 radical (unpaired) electrons. The average molecular weight is 265 g/mol. The van der Waals surface area contributed by atoms with Crippen LogP contribution in [0.15, 0.2) is 0 Å². The Kier molecular flexibility index (Phi) is 24.7. The van der Waals surface area contributed by atoms with Gasteiger partial charge >= 0.3 is 23.1 Å². The van der Waals surface area contributed by atoms with Crippen LogP contribution in [0.25, 0.3) is 0 Å². The van der Waals surface area contributed by atoms with Gasteiger partial charge in [-0.05, 0) is 0 Å². The van der Waals surface area contributed by atoms with E-state index in [2.05, 4.69) is 0 Å². The van der Waals surface area contributed by atoms with E-state index in [4.69, 9.17) is 9.90 Å². The molecule has 0 aromatic heterocycles.